The van der Waals surface area contributed by atoms with Crippen molar-refractivity contribution in [3.8, 4) is 0 Å². The number of morpholine rings is 1. The fraction of sp³-hybridized carbons (Fsp3) is 0.500. The number of aromatic nitrogens is 2. The first-order valence-corrected chi connectivity index (χ1v) is 21.4. The number of nitrogens with one attached hydrogen (secondary N) is 2. The Morgan fingerprint density at radius 2 is 1.61 bits per heavy atom. The standard InChI is InChI=1S/C42H55N7O5S2.2H2/c1-30(2)40-45-35(28-55-40)25-47(3)42(52)49-26-36(48-18-20-53-21-19-48)16-17-38(49)39(50)44-33(22-31-10-6-4-7-11-31)14-15-34(23-32-12-8-5-9-13-32)46-41(51)54-27-37-24-43-29-56-37;;/h4-13,24,28-30,33-34,36,38H,14-23,25-27H2,1-3H3,(H,44,50)(H,46,51);2*1H/t33-,34-,36+,38+;;/m1../s1. The van der Waals surface area contributed by atoms with Crippen molar-refractivity contribution in [1.29, 1.82) is 0 Å². The summed E-state index contributed by atoms with van der Waals surface area (Å²) in [6, 6.07) is 19.0. The van der Waals surface area contributed by atoms with Gasteiger partial charge >= 0.3 is 12.1 Å². The highest BCUT2D eigenvalue weighted by atomic mass is 32.1. The molecule has 14 heteroatoms. The molecule has 2 aliphatic rings. The Hall–Kier alpha value is -4.37. The van der Waals surface area contributed by atoms with Crippen LogP contribution in [-0.2, 0) is 40.3 Å². The molecule has 0 radical (unpaired) electrons. The van der Waals surface area contributed by atoms with E-state index in [-0.39, 0.29) is 39.5 Å². The number of rotatable bonds is 16. The summed E-state index contributed by atoms with van der Waals surface area (Å²) in [5.74, 6) is 0.163. The quantitative estimate of drug-likeness (QED) is 0.124. The topological polar surface area (TPSA) is 129 Å². The van der Waals surface area contributed by atoms with Crippen molar-refractivity contribution in [3.63, 3.8) is 0 Å². The minimum absolute atomic E-state index is 0. The van der Waals surface area contributed by atoms with Crippen LogP contribution in [0.2, 0.25) is 0 Å². The predicted molar refractivity (Wildman–Crippen MR) is 224 cm³/mol. The summed E-state index contributed by atoms with van der Waals surface area (Å²) >= 11 is 3.05. The predicted octanol–water partition coefficient (Wildman–Crippen LogP) is 6.98. The van der Waals surface area contributed by atoms with Gasteiger partial charge in [-0.1, -0.05) is 74.5 Å². The van der Waals surface area contributed by atoms with Gasteiger partial charge < -0.3 is 29.9 Å². The van der Waals surface area contributed by atoms with Gasteiger partial charge in [0.05, 0.1) is 40.8 Å². The van der Waals surface area contributed by atoms with E-state index in [1.807, 2.05) is 53.9 Å². The molecule has 4 aromatic rings. The zero-order valence-electron chi connectivity index (χ0n) is 32.7. The molecule has 2 saturated heterocycles. The fourth-order valence-electron chi connectivity index (χ4n) is 7.47. The zero-order valence-corrected chi connectivity index (χ0v) is 34.3. The lowest BCUT2D eigenvalue weighted by Crippen LogP contribution is -2.62. The number of likely N-dealkylation sites (tertiary alicyclic amines) is 1. The molecule has 2 aromatic heterocycles. The highest BCUT2D eigenvalue weighted by molar-refractivity contribution is 7.09. The van der Waals surface area contributed by atoms with E-state index < -0.39 is 12.1 Å². The molecule has 6 rings (SSSR count). The van der Waals surface area contributed by atoms with Crippen LogP contribution >= 0.6 is 22.7 Å². The Morgan fingerprint density at radius 1 is 0.946 bits per heavy atom. The van der Waals surface area contributed by atoms with Gasteiger partial charge in [0.2, 0.25) is 5.91 Å². The van der Waals surface area contributed by atoms with E-state index in [2.05, 4.69) is 46.5 Å². The molecule has 4 atom stereocenters. The van der Waals surface area contributed by atoms with Crippen LogP contribution in [0.1, 0.15) is 75.0 Å². The molecule has 0 saturated carbocycles. The maximum absolute atomic E-state index is 14.5. The smallest absolute Gasteiger partial charge is 0.407 e. The number of carbonyl (C=O) groups is 3. The van der Waals surface area contributed by atoms with Gasteiger partial charge in [-0.15, -0.1) is 22.7 Å². The number of piperidine rings is 1. The number of thiazole rings is 2. The molecule has 0 unspecified atom stereocenters. The average molecular weight is 806 g/mol. The van der Waals surface area contributed by atoms with Crippen LogP contribution in [0.4, 0.5) is 9.59 Å². The van der Waals surface area contributed by atoms with E-state index in [9.17, 15) is 14.4 Å². The summed E-state index contributed by atoms with van der Waals surface area (Å²) in [4.78, 5) is 57.4. The van der Waals surface area contributed by atoms with Gasteiger partial charge in [0.1, 0.15) is 12.6 Å². The summed E-state index contributed by atoms with van der Waals surface area (Å²) in [7, 11) is 1.80. The molecule has 304 valence electrons. The third-order valence-corrected chi connectivity index (χ3v) is 12.4. The van der Waals surface area contributed by atoms with Crippen molar-refractivity contribution in [2.75, 3.05) is 39.9 Å². The van der Waals surface area contributed by atoms with Crippen LogP contribution in [0.5, 0.6) is 0 Å². The molecule has 2 aliphatic heterocycles. The van der Waals surface area contributed by atoms with Crippen LogP contribution in [-0.4, -0.2) is 107 Å². The third-order valence-electron chi connectivity index (χ3n) is 10.5. The fourth-order valence-corrected chi connectivity index (χ4v) is 8.80. The summed E-state index contributed by atoms with van der Waals surface area (Å²) in [5.41, 5.74) is 4.76. The summed E-state index contributed by atoms with van der Waals surface area (Å²) in [5, 5.41) is 9.55. The summed E-state index contributed by atoms with van der Waals surface area (Å²) in [6.07, 6.45) is 5.00. The molecule has 12 nitrogen and oxygen atoms in total. The van der Waals surface area contributed by atoms with Crippen LogP contribution in [0, 0.1) is 0 Å². The van der Waals surface area contributed by atoms with Gasteiger partial charge in [0, 0.05) is 65.2 Å². The lowest BCUT2D eigenvalue weighted by molar-refractivity contribution is -0.128. The molecule has 0 bridgehead atoms. The van der Waals surface area contributed by atoms with Gasteiger partial charge in [-0.2, -0.15) is 0 Å². The Kier molecular flexibility index (Phi) is 15.3. The minimum Gasteiger partial charge on any atom is -0.444 e. The average Bonchev–Trinajstić information content (AvgIpc) is 3.93. The van der Waals surface area contributed by atoms with Gasteiger partial charge in [-0.3, -0.25) is 14.7 Å². The third kappa shape index (κ3) is 12.1. The maximum atomic E-state index is 14.5. The van der Waals surface area contributed by atoms with Crippen molar-refractivity contribution in [2.45, 2.75) is 95.6 Å². The number of hydrogen-bond donors (Lipinski definition) is 2. The van der Waals surface area contributed by atoms with Crippen molar-refractivity contribution < 1.29 is 26.7 Å². The number of benzene rings is 2. The second-order valence-corrected chi connectivity index (χ2v) is 16.9. The van der Waals surface area contributed by atoms with E-state index in [4.69, 9.17) is 14.5 Å². The molecule has 0 aliphatic carbocycles. The lowest BCUT2D eigenvalue weighted by atomic mass is 9.94. The minimum atomic E-state index is -0.623. The zero-order chi connectivity index (χ0) is 39.3. The number of carbonyl (C=O) groups excluding carboxylic acids is 3. The van der Waals surface area contributed by atoms with Crippen molar-refractivity contribution >= 4 is 40.7 Å². The maximum Gasteiger partial charge on any atom is 0.407 e. The van der Waals surface area contributed by atoms with E-state index in [1.54, 1.807) is 39.9 Å². The highest BCUT2D eigenvalue weighted by Gasteiger charge is 2.40. The number of alkyl carbamates (subject to hydrolysis) is 1. The normalized spacial score (nSPS) is 18.6. The molecule has 56 heavy (non-hydrogen) atoms. The molecule has 4 heterocycles. The summed E-state index contributed by atoms with van der Waals surface area (Å²) < 4.78 is 11.2. The van der Waals surface area contributed by atoms with E-state index in [0.717, 1.165) is 46.2 Å². The number of amides is 4. The Balaban J connectivity index is 0.00000372. The van der Waals surface area contributed by atoms with Crippen LogP contribution in [0.3, 0.4) is 0 Å². The molecule has 2 N–H and O–H groups in total. The summed E-state index contributed by atoms with van der Waals surface area (Å²) in [6.45, 7) is 8.18. The molecule has 0 spiro atoms. The van der Waals surface area contributed by atoms with Gasteiger partial charge in [-0.05, 0) is 49.7 Å². The monoisotopic (exact) mass is 805 g/mol. The molecule has 4 amide bonds. The Labute approximate surface area is 341 Å². The SMILES string of the molecule is CC(C)c1nc(CN(C)C(=O)N2C[C@@H](N3CCOCC3)CC[C@H]2C(=O)N[C@H](CC[C@H](Cc2ccccc2)NC(=O)OCc2cncs2)Cc2ccccc2)cs1.[HH].[HH]. The van der Waals surface area contributed by atoms with E-state index in [0.29, 0.717) is 64.3 Å². The number of nitrogens with zero attached hydrogens (tertiary/aromatic N) is 5. The van der Waals surface area contributed by atoms with Crippen molar-refractivity contribution in [1.82, 2.24) is 35.3 Å². The largest absolute Gasteiger partial charge is 0.444 e. The number of ether oxygens (including phenoxy) is 2. The van der Waals surface area contributed by atoms with Crippen LogP contribution in [0.25, 0.3) is 0 Å². The van der Waals surface area contributed by atoms with Gasteiger partial charge in [0.15, 0.2) is 0 Å². The Bertz CT molecular complexity index is 1820. The van der Waals surface area contributed by atoms with E-state index in [1.165, 1.54) is 11.3 Å². The van der Waals surface area contributed by atoms with Gasteiger partial charge in [0.25, 0.3) is 0 Å². The second-order valence-electron chi connectivity index (χ2n) is 15.1. The first-order chi connectivity index (χ1) is 27.2. The Morgan fingerprint density at radius 3 is 2.21 bits per heavy atom. The molecule has 2 aromatic carbocycles. The van der Waals surface area contributed by atoms with Crippen LogP contribution in [0.15, 0.2) is 77.8 Å². The molecular formula is C42H59N7O5S2. The first-order valence-electron chi connectivity index (χ1n) is 19.7. The second kappa shape index (κ2) is 20.7. The lowest BCUT2D eigenvalue weighted by Gasteiger charge is -2.45. The number of urea groups is 1. The first kappa shape index (κ1) is 41.3. The van der Waals surface area contributed by atoms with E-state index >= 15 is 0 Å². The van der Waals surface area contributed by atoms with Crippen molar-refractivity contribution in [3.05, 3.63) is 104 Å². The van der Waals surface area contributed by atoms with Crippen LogP contribution < -0.4 is 10.6 Å². The number of hydrogen-bond acceptors (Lipinski definition) is 10. The van der Waals surface area contributed by atoms with Gasteiger partial charge in [-0.25, -0.2) is 14.6 Å². The highest BCUT2D eigenvalue weighted by Crippen LogP contribution is 2.26. The molecular weight excluding hydrogens is 747 g/mol. The van der Waals surface area contributed by atoms with Crippen molar-refractivity contribution in [2.24, 2.45) is 0 Å². The molecule has 2 fully saturated rings.